The van der Waals surface area contributed by atoms with E-state index in [2.05, 4.69) is 20.6 Å². The number of pyridine rings is 1. The molecule has 2 N–H and O–H groups in total. The number of amides is 1. The van der Waals surface area contributed by atoms with E-state index in [4.69, 9.17) is 4.74 Å². The van der Waals surface area contributed by atoms with Crippen LogP contribution in [0.1, 0.15) is 12.0 Å². The van der Waals surface area contributed by atoms with Crippen LogP contribution in [0.3, 0.4) is 0 Å². The number of halogens is 2. The highest BCUT2D eigenvalue weighted by Crippen LogP contribution is 2.39. The second-order valence-electron chi connectivity index (χ2n) is 7.17. The van der Waals surface area contributed by atoms with Crippen LogP contribution in [0, 0.1) is 18.7 Å². The SMILES string of the molecule is COc1c(F)c(C)c(-c2ccn3nc(NC(=O)[C@@H]4C[C@@H]4F)cc3c2)c2cn[nH]c12. The molecule has 0 aliphatic heterocycles. The van der Waals surface area contributed by atoms with Crippen LogP contribution in [0.15, 0.2) is 30.6 Å². The highest BCUT2D eigenvalue weighted by Gasteiger charge is 2.43. The number of H-pyrrole nitrogens is 1. The number of alkyl halides is 1. The lowest BCUT2D eigenvalue weighted by molar-refractivity contribution is -0.117. The number of nitrogens with zero attached hydrogens (tertiary/aromatic N) is 3. The molecule has 0 radical (unpaired) electrons. The van der Waals surface area contributed by atoms with Crippen LogP contribution < -0.4 is 10.1 Å². The fraction of sp³-hybridized carbons (Fsp3) is 0.250. The molecule has 148 valence electrons. The van der Waals surface area contributed by atoms with E-state index < -0.39 is 17.9 Å². The quantitative estimate of drug-likeness (QED) is 0.551. The summed E-state index contributed by atoms with van der Waals surface area (Å²) in [6, 6.07) is 5.35. The second-order valence-corrected chi connectivity index (χ2v) is 7.17. The summed E-state index contributed by atoms with van der Waals surface area (Å²) in [5, 5.41) is 14.5. The molecule has 5 rings (SSSR count). The number of hydrogen-bond donors (Lipinski definition) is 2. The number of hydrogen-bond acceptors (Lipinski definition) is 4. The molecule has 1 aromatic carbocycles. The minimum atomic E-state index is -1.07. The van der Waals surface area contributed by atoms with Crippen molar-refractivity contribution in [1.82, 2.24) is 19.8 Å². The van der Waals surface area contributed by atoms with Crippen molar-refractivity contribution in [1.29, 1.82) is 0 Å². The van der Waals surface area contributed by atoms with Gasteiger partial charge in [0, 0.05) is 17.6 Å². The van der Waals surface area contributed by atoms with Crippen molar-refractivity contribution >= 4 is 28.1 Å². The average Bonchev–Trinajstić information content (AvgIpc) is 3.08. The van der Waals surface area contributed by atoms with Gasteiger partial charge >= 0.3 is 0 Å². The van der Waals surface area contributed by atoms with Crippen molar-refractivity contribution in [3.63, 3.8) is 0 Å². The van der Waals surface area contributed by atoms with Gasteiger partial charge in [-0.2, -0.15) is 10.2 Å². The summed E-state index contributed by atoms with van der Waals surface area (Å²) >= 11 is 0. The molecule has 0 spiro atoms. The smallest absolute Gasteiger partial charge is 0.231 e. The van der Waals surface area contributed by atoms with E-state index in [1.54, 1.807) is 29.9 Å². The lowest BCUT2D eigenvalue weighted by atomic mass is 9.96. The van der Waals surface area contributed by atoms with E-state index in [0.717, 1.165) is 10.9 Å². The first-order valence-electron chi connectivity index (χ1n) is 9.11. The summed E-state index contributed by atoms with van der Waals surface area (Å²) in [6.07, 6.45) is 2.55. The Kier molecular flexibility index (Phi) is 3.80. The van der Waals surface area contributed by atoms with Gasteiger partial charge in [0.2, 0.25) is 5.91 Å². The Bertz CT molecular complexity index is 1280. The van der Waals surface area contributed by atoms with E-state index in [1.807, 2.05) is 12.1 Å². The number of carbonyl (C=O) groups is 1. The van der Waals surface area contributed by atoms with Gasteiger partial charge in [0.25, 0.3) is 0 Å². The molecule has 3 heterocycles. The first-order chi connectivity index (χ1) is 14.0. The molecule has 3 aromatic heterocycles. The average molecular weight is 397 g/mol. The molecule has 0 unspecified atom stereocenters. The van der Waals surface area contributed by atoms with E-state index in [9.17, 15) is 13.6 Å². The van der Waals surface area contributed by atoms with Gasteiger partial charge in [0.1, 0.15) is 11.7 Å². The minimum absolute atomic E-state index is 0.125. The standard InChI is InChI=1S/C20H17F2N5O2/c1-9-16(13-8-23-25-18(13)19(29-2)17(9)22)10-3-4-27-11(5-10)6-15(26-27)24-20(28)12-7-14(12)21/h3-6,8,12,14H,7H2,1-2H3,(H,23,25)(H,24,26,28)/t12-,14+/m1/s1. The predicted molar refractivity (Wildman–Crippen MR) is 103 cm³/mol. The number of aromatic nitrogens is 4. The Morgan fingerprint density at radius 1 is 1.41 bits per heavy atom. The Morgan fingerprint density at radius 2 is 2.21 bits per heavy atom. The predicted octanol–water partition coefficient (Wildman–Crippen LogP) is 3.63. The number of carbonyl (C=O) groups excluding carboxylic acids is 1. The van der Waals surface area contributed by atoms with Crippen LogP contribution in [0.2, 0.25) is 0 Å². The van der Waals surface area contributed by atoms with Crippen molar-refractivity contribution < 1.29 is 18.3 Å². The monoisotopic (exact) mass is 397 g/mol. The third-order valence-electron chi connectivity index (χ3n) is 5.30. The van der Waals surface area contributed by atoms with Crippen LogP contribution in [-0.2, 0) is 4.79 Å². The summed E-state index contributed by atoms with van der Waals surface area (Å²) < 4.78 is 34.7. The summed E-state index contributed by atoms with van der Waals surface area (Å²) in [4.78, 5) is 11.9. The molecule has 0 bridgehead atoms. The number of nitrogens with one attached hydrogen (secondary N) is 2. The topological polar surface area (TPSA) is 84.3 Å². The summed E-state index contributed by atoms with van der Waals surface area (Å²) in [5.41, 5.74) is 3.09. The van der Waals surface area contributed by atoms with Crippen molar-refractivity contribution in [2.45, 2.75) is 19.5 Å². The summed E-state index contributed by atoms with van der Waals surface area (Å²) in [5.74, 6) is -0.937. The Balaban J connectivity index is 1.58. The van der Waals surface area contributed by atoms with Crippen LogP contribution >= 0.6 is 0 Å². The molecule has 1 aliphatic rings. The van der Waals surface area contributed by atoms with Gasteiger partial charge < -0.3 is 10.1 Å². The normalized spacial score (nSPS) is 18.3. The number of methoxy groups -OCH3 is 1. The fourth-order valence-electron chi connectivity index (χ4n) is 3.67. The number of anilines is 1. The molecule has 0 saturated heterocycles. The first-order valence-corrected chi connectivity index (χ1v) is 9.11. The largest absolute Gasteiger partial charge is 0.491 e. The van der Waals surface area contributed by atoms with E-state index in [1.165, 1.54) is 7.11 Å². The van der Waals surface area contributed by atoms with Gasteiger partial charge in [-0.05, 0) is 42.2 Å². The maximum absolute atomic E-state index is 14.9. The molecule has 4 aromatic rings. The first kappa shape index (κ1) is 17.6. The third-order valence-corrected chi connectivity index (χ3v) is 5.30. The molecule has 2 atom stereocenters. The lowest BCUT2D eigenvalue weighted by Crippen LogP contribution is -2.15. The van der Waals surface area contributed by atoms with E-state index in [-0.39, 0.29) is 18.1 Å². The number of rotatable bonds is 4. The van der Waals surface area contributed by atoms with E-state index in [0.29, 0.717) is 28.0 Å². The van der Waals surface area contributed by atoms with Crippen LogP contribution in [-0.4, -0.2) is 39.0 Å². The zero-order valence-corrected chi connectivity index (χ0v) is 15.7. The zero-order valence-electron chi connectivity index (χ0n) is 15.7. The Hall–Kier alpha value is -3.49. The number of benzene rings is 1. The highest BCUT2D eigenvalue weighted by molar-refractivity contribution is 6.00. The van der Waals surface area contributed by atoms with Gasteiger partial charge in [0.15, 0.2) is 17.4 Å². The van der Waals surface area contributed by atoms with Crippen LogP contribution in [0.5, 0.6) is 5.75 Å². The number of fused-ring (bicyclic) bond motifs is 2. The molecular weight excluding hydrogens is 380 g/mol. The summed E-state index contributed by atoms with van der Waals surface area (Å²) in [6.45, 7) is 1.69. The number of aromatic amines is 1. The molecule has 1 fully saturated rings. The van der Waals surface area contributed by atoms with Crippen molar-refractivity contribution in [3.05, 3.63) is 42.0 Å². The second kappa shape index (κ2) is 6.26. The van der Waals surface area contributed by atoms with Crippen LogP contribution in [0.25, 0.3) is 27.5 Å². The third kappa shape index (κ3) is 2.72. The van der Waals surface area contributed by atoms with Crippen molar-refractivity contribution in [2.24, 2.45) is 5.92 Å². The van der Waals surface area contributed by atoms with Crippen molar-refractivity contribution in [2.75, 3.05) is 12.4 Å². The van der Waals surface area contributed by atoms with Gasteiger partial charge in [0.05, 0.1) is 24.7 Å². The molecule has 1 amide bonds. The fourth-order valence-corrected chi connectivity index (χ4v) is 3.67. The molecule has 29 heavy (non-hydrogen) atoms. The highest BCUT2D eigenvalue weighted by atomic mass is 19.1. The van der Waals surface area contributed by atoms with E-state index >= 15 is 0 Å². The Morgan fingerprint density at radius 3 is 2.93 bits per heavy atom. The molecule has 1 saturated carbocycles. The van der Waals surface area contributed by atoms with Crippen LogP contribution in [0.4, 0.5) is 14.6 Å². The summed E-state index contributed by atoms with van der Waals surface area (Å²) in [7, 11) is 1.42. The number of ether oxygens (including phenoxy) is 1. The molecule has 1 aliphatic carbocycles. The maximum Gasteiger partial charge on any atom is 0.231 e. The maximum atomic E-state index is 14.9. The molecule has 7 nitrogen and oxygen atoms in total. The van der Waals surface area contributed by atoms with Gasteiger partial charge in [-0.15, -0.1) is 0 Å². The molecular formula is C20H17F2N5O2. The van der Waals surface area contributed by atoms with Gasteiger partial charge in [-0.1, -0.05) is 0 Å². The molecule has 9 heteroatoms. The van der Waals surface area contributed by atoms with Gasteiger partial charge in [-0.3, -0.25) is 9.89 Å². The lowest BCUT2D eigenvalue weighted by Gasteiger charge is -2.13. The Labute approximate surface area is 163 Å². The van der Waals surface area contributed by atoms with Crippen molar-refractivity contribution in [3.8, 4) is 16.9 Å². The minimum Gasteiger partial charge on any atom is -0.491 e. The zero-order chi connectivity index (χ0) is 20.3. The van der Waals surface area contributed by atoms with Gasteiger partial charge in [-0.25, -0.2) is 13.3 Å².